The molecule has 0 aliphatic carbocycles. The molecule has 12 heavy (non-hydrogen) atoms. The van der Waals surface area contributed by atoms with Crippen LogP contribution in [0, 0.1) is 0 Å². The minimum Gasteiger partial charge on any atom is -0.294 e. The van der Waals surface area contributed by atoms with Crippen molar-refractivity contribution >= 4 is 34.1 Å². The Kier molecular flexibility index (Phi) is 1.59. The van der Waals surface area contributed by atoms with Gasteiger partial charge in [0.1, 0.15) is 10.7 Å². The summed E-state index contributed by atoms with van der Waals surface area (Å²) in [6, 6.07) is 1.46. The molecule has 0 aromatic carbocycles. The SMILES string of the molecule is O=c1[nH][nH]c2c(Cl)nc(Cl)cc12. The molecular formula is C6H3Cl2N3O. The number of fused-ring (bicyclic) bond motifs is 1. The fourth-order valence-corrected chi connectivity index (χ4v) is 1.45. The quantitative estimate of drug-likeness (QED) is 0.639. The lowest BCUT2D eigenvalue weighted by Gasteiger charge is -1.91. The van der Waals surface area contributed by atoms with Crippen molar-refractivity contribution in [3.8, 4) is 0 Å². The molecule has 2 aromatic rings. The van der Waals surface area contributed by atoms with Crippen LogP contribution in [0.1, 0.15) is 0 Å². The highest BCUT2D eigenvalue weighted by Crippen LogP contribution is 2.19. The molecule has 0 fully saturated rings. The minimum atomic E-state index is -0.254. The van der Waals surface area contributed by atoms with Crippen molar-refractivity contribution in [2.45, 2.75) is 0 Å². The predicted molar refractivity (Wildman–Crippen MR) is 46.7 cm³/mol. The molecule has 0 aliphatic rings. The summed E-state index contributed by atoms with van der Waals surface area (Å²) in [6.07, 6.45) is 0. The van der Waals surface area contributed by atoms with Gasteiger partial charge >= 0.3 is 0 Å². The molecule has 2 rings (SSSR count). The summed E-state index contributed by atoms with van der Waals surface area (Å²) in [5.74, 6) is 0. The van der Waals surface area contributed by atoms with E-state index in [2.05, 4.69) is 15.2 Å². The highest BCUT2D eigenvalue weighted by molar-refractivity contribution is 6.36. The van der Waals surface area contributed by atoms with E-state index in [1.165, 1.54) is 6.07 Å². The number of rotatable bonds is 0. The Morgan fingerprint density at radius 3 is 2.83 bits per heavy atom. The van der Waals surface area contributed by atoms with Crippen LogP contribution in [0.5, 0.6) is 0 Å². The van der Waals surface area contributed by atoms with Crippen molar-refractivity contribution in [3.63, 3.8) is 0 Å². The molecule has 62 valence electrons. The van der Waals surface area contributed by atoms with Crippen molar-refractivity contribution in [3.05, 3.63) is 26.7 Å². The molecule has 6 heteroatoms. The van der Waals surface area contributed by atoms with Gasteiger partial charge in [0.15, 0.2) is 5.15 Å². The molecule has 4 nitrogen and oxygen atoms in total. The molecular weight excluding hydrogens is 201 g/mol. The lowest BCUT2D eigenvalue weighted by atomic mass is 10.3. The van der Waals surface area contributed by atoms with Crippen LogP contribution in [-0.2, 0) is 0 Å². The Bertz CT molecular complexity index is 487. The van der Waals surface area contributed by atoms with Crippen LogP contribution in [0.4, 0.5) is 0 Å². The monoisotopic (exact) mass is 203 g/mol. The minimum absolute atomic E-state index is 0.191. The summed E-state index contributed by atoms with van der Waals surface area (Å²) in [5, 5.41) is 5.79. The van der Waals surface area contributed by atoms with E-state index < -0.39 is 0 Å². The number of nitrogens with zero attached hydrogens (tertiary/aromatic N) is 1. The van der Waals surface area contributed by atoms with E-state index in [1.54, 1.807) is 0 Å². The standard InChI is InChI=1S/C6H3Cl2N3O/c7-3-1-2-4(5(8)9-3)10-11-6(2)12/h1H,(H2,10,11,12). The maximum Gasteiger partial charge on any atom is 0.272 e. The Morgan fingerprint density at radius 2 is 2.08 bits per heavy atom. The van der Waals surface area contributed by atoms with Crippen LogP contribution < -0.4 is 5.56 Å². The number of halogens is 2. The molecule has 0 aliphatic heterocycles. The summed E-state index contributed by atoms with van der Waals surface area (Å²) in [7, 11) is 0. The number of aromatic nitrogens is 3. The Labute approximate surface area is 76.5 Å². The van der Waals surface area contributed by atoms with Crippen LogP contribution in [0.25, 0.3) is 10.9 Å². The molecule has 0 spiro atoms. The molecule has 0 bridgehead atoms. The summed E-state index contributed by atoms with van der Waals surface area (Å²) in [4.78, 5) is 14.8. The van der Waals surface area contributed by atoms with Crippen molar-refractivity contribution in [1.82, 2.24) is 15.2 Å². The Morgan fingerprint density at radius 1 is 1.33 bits per heavy atom. The molecule has 0 saturated carbocycles. The van der Waals surface area contributed by atoms with E-state index in [4.69, 9.17) is 23.2 Å². The Hall–Kier alpha value is -1.000. The van der Waals surface area contributed by atoms with Crippen LogP contribution in [0.2, 0.25) is 10.3 Å². The summed E-state index contributed by atoms with van der Waals surface area (Å²) in [5.41, 5.74) is 0.224. The second-order valence-corrected chi connectivity index (χ2v) is 2.98. The average Bonchev–Trinajstić information content (AvgIpc) is 2.33. The summed E-state index contributed by atoms with van der Waals surface area (Å²) < 4.78 is 0. The van der Waals surface area contributed by atoms with Gasteiger partial charge in [0.05, 0.1) is 5.39 Å². The van der Waals surface area contributed by atoms with Gasteiger partial charge in [-0.1, -0.05) is 23.2 Å². The molecule has 2 aromatic heterocycles. The van der Waals surface area contributed by atoms with E-state index in [0.717, 1.165) is 0 Å². The first-order chi connectivity index (χ1) is 5.68. The van der Waals surface area contributed by atoms with E-state index >= 15 is 0 Å². The maximum atomic E-state index is 11.1. The molecule has 2 heterocycles. The van der Waals surface area contributed by atoms with Crippen LogP contribution in [0.3, 0.4) is 0 Å². The molecule has 2 N–H and O–H groups in total. The zero-order valence-corrected chi connectivity index (χ0v) is 7.20. The second kappa shape index (κ2) is 2.50. The number of pyridine rings is 1. The third-order valence-electron chi connectivity index (χ3n) is 1.49. The topological polar surface area (TPSA) is 61.5 Å². The fourth-order valence-electron chi connectivity index (χ4n) is 0.969. The largest absolute Gasteiger partial charge is 0.294 e. The first kappa shape index (κ1) is 7.64. The predicted octanol–water partition coefficient (Wildman–Crippen LogP) is 1.56. The van der Waals surface area contributed by atoms with Gasteiger partial charge in [-0.15, -0.1) is 0 Å². The van der Waals surface area contributed by atoms with Gasteiger partial charge in [-0.3, -0.25) is 15.0 Å². The summed E-state index contributed by atoms with van der Waals surface area (Å²) in [6.45, 7) is 0. The first-order valence-corrected chi connectivity index (χ1v) is 3.86. The first-order valence-electron chi connectivity index (χ1n) is 3.11. The lowest BCUT2D eigenvalue weighted by Crippen LogP contribution is -1.97. The number of nitrogens with one attached hydrogen (secondary N) is 2. The summed E-state index contributed by atoms with van der Waals surface area (Å²) >= 11 is 11.3. The van der Waals surface area contributed by atoms with Gasteiger partial charge in [0.2, 0.25) is 0 Å². The highest BCUT2D eigenvalue weighted by Gasteiger charge is 2.06. The molecule has 0 atom stereocenters. The van der Waals surface area contributed by atoms with Crippen LogP contribution >= 0.6 is 23.2 Å². The van der Waals surface area contributed by atoms with E-state index in [9.17, 15) is 4.79 Å². The zero-order valence-electron chi connectivity index (χ0n) is 5.69. The third kappa shape index (κ3) is 1.00. The van der Waals surface area contributed by atoms with Gasteiger partial charge in [-0.05, 0) is 6.07 Å². The molecule has 0 unspecified atom stereocenters. The highest BCUT2D eigenvalue weighted by atomic mass is 35.5. The van der Waals surface area contributed by atoms with Gasteiger partial charge in [-0.25, -0.2) is 4.98 Å². The van der Waals surface area contributed by atoms with Crippen LogP contribution in [-0.4, -0.2) is 15.2 Å². The number of H-pyrrole nitrogens is 2. The van der Waals surface area contributed by atoms with E-state index in [0.29, 0.717) is 10.9 Å². The fraction of sp³-hybridized carbons (Fsp3) is 0. The van der Waals surface area contributed by atoms with Crippen molar-refractivity contribution in [1.29, 1.82) is 0 Å². The van der Waals surface area contributed by atoms with Gasteiger partial charge in [-0.2, -0.15) is 0 Å². The number of hydrogen-bond donors (Lipinski definition) is 2. The maximum absolute atomic E-state index is 11.1. The third-order valence-corrected chi connectivity index (χ3v) is 1.96. The van der Waals surface area contributed by atoms with Gasteiger partial charge in [0.25, 0.3) is 5.56 Å². The normalized spacial score (nSPS) is 10.8. The van der Waals surface area contributed by atoms with E-state index in [-0.39, 0.29) is 15.9 Å². The average molecular weight is 204 g/mol. The number of aromatic amines is 2. The second-order valence-electron chi connectivity index (χ2n) is 2.24. The van der Waals surface area contributed by atoms with Gasteiger partial charge < -0.3 is 0 Å². The van der Waals surface area contributed by atoms with Gasteiger partial charge in [0, 0.05) is 0 Å². The van der Waals surface area contributed by atoms with Crippen molar-refractivity contribution < 1.29 is 0 Å². The zero-order chi connectivity index (χ0) is 8.72. The number of hydrogen-bond acceptors (Lipinski definition) is 2. The van der Waals surface area contributed by atoms with Crippen molar-refractivity contribution in [2.75, 3.05) is 0 Å². The smallest absolute Gasteiger partial charge is 0.272 e. The molecule has 0 amide bonds. The van der Waals surface area contributed by atoms with E-state index in [1.807, 2.05) is 0 Å². The molecule has 0 radical (unpaired) electrons. The Balaban J connectivity index is 3.02. The molecule has 0 saturated heterocycles. The van der Waals surface area contributed by atoms with Crippen LogP contribution in [0.15, 0.2) is 10.9 Å². The van der Waals surface area contributed by atoms with Crippen molar-refractivity contribution in [2.24, 2.45) is 0 Å². The lowest BCUT2D eigenvalue weighted by molar-refractivity contribution is 1.08.